The molecule has 4 heteroatoms. The van der Waals surface area contributed by atoms with Crippen LogP contribution in [0.4, 0.5) is 0 Å². The molecular weight excluding hydrogens is 198 g/mol. The summed E-state index contributed by atoms with van der Waals surface area (Å²) in [5.41, 5.74) is 2.46. The van der Waals surface area contributed by atoms with Crippen LogP contribution in [0.25, 0.3) is 0 Å². The molecule has 0 heterocycles. The van der Waals surface area contributed by atoms with Crippen molar-refractivity contribution < 1.29 is 0 Å². The van der Waals surface area contributed by atoms with Crippen molar-refractivity contribution >= 4 is 17.3 Å². The molecule has 0 fully saturated rings. The van der Waals surface area contributed by atoms with E-state index >= 15 is 0 Å². The molecule has 0 N–H and O–H groups in total. The molecule has 0 aromatic carbocycles. The van der Waals surface area contributed by atoms with Gasteiger partial charge in [0.1, 0.15) is 0 Å². The highest BCUT2D eigenvalue weighted by atomic mass is 35.5. The van der Waals surface area contributed by atoms with E-state index in [2.05, 4.69) is 15.2 Å². The van der Waals surface area contributed by atoms with Crippen molar-refractivity contribution in [3.05, 3.63) is 22.4 Å². The van der Waals surface area contributed by atoms with E-state index in [4.69, 9.17) is 11.6 Å². The molecule has 0 radical (unpaired) electrons. The maximum Gasteiger partial charge on any atom is 0.0911 e. The Morgan fingerprint density at radius 1 is 1.21 bits per heavy atom. The second-order valence-corrected chi connectivity index (χ2v) is 3.26. The van der Waals surface area contributed by atoms with Crippen molar-refractivity contribution in [3.63, 3.8) is 0 Å². The molecule has 0 aromatic rings. The zero-order chi connectivity index (χ0) is 11.1. The van der Waals surface area contributed by atoms with Gasteiger partial charge in [0.05, 0.1) is 5.70 Å². The Morgan fingerprint density at radius 2 is 1.79 bits per heavy atom. The zero-order valence-corrected chi connectivity index (χ0v) is 10.1. The molecule has 0 aromatic heterocycles. The molecule has 0 atom stereocenters. The topological polar surface area (TPSA) is 37.1 Å². The van der Waals surface area contributed by atoms with Crippen molar-refractivity contribution in [1.29, 1.82) is 0 Å². The largest absolute Gasteiger partial charge is 0.293 e. The van der Waals surface area contributed by atoms with Crippen LogP contribution in [0.3, 0.4) is 0 Å². The Labute approximate surface area is 90.3 Å². The molecular formula is C10H16ClN3. The molecule has 78 valence electrons. The highest BCUT2D eigenvalue weighted by Gasteiger charge is 2.09. The molecule has 14 heavy (non-hydrogen) atoms. The van der Waals surface area contributed by atoms with Crippen molar-refractivity contribution in [3.8, 4) is 0 Å². The SMILES string of the molecule is C/C=C(N=NC)/C(C(C)=NC)=C(/C)Cl. The fourth-order valence-corrected chi connectivity index (χ4v) is 1.32. The van der Waals surface area contributed by atoms with Crippen molar-refractivity contribution in [2.75, 3.05) is 14.1 Å². The number of rotatable bonds is 3. The first-order valence-electron chi connectivity index (χ1n) is 4.35. The molecule has 0 bridgehead atoms. The van der Waals surface area contributed by atoms with Gasteiger partial charge in [-0.15, -0.1) is 0 Å². The zero-order valence-electron chi connectivity index (χ0n) is 9.30. The normalized spacial score (nSPS) is 16.1. The van der Waals surface area contributed by atoms with Crippen molar-refractivity contribution in [1.82, 2.24) is 0 Å². The number of hydrogen-bond donors (Lipinski definition) is 0. The number of allylic oxidation sites excluding steroid dienone is 3. The van der Waals surface area contributed by atoms with Gasteiger partial charge in [-0.25, -0.2) is 0 Å². The van der Waals surface area contributed by atoms with E-state index < -0.39 is 0 Å². The summed E-state index contributed by atoms with van der Waals surface area (Å²) in [6.45, 7) is 5.61. The van der Waals surface area contributed by atoms with Crippen LogP contribution in [-0.2, 0) is 0 Å². The lowest BCUT2D eigenvalue weighted by atomic mass is 10.1. The first-order chi connectivity index (χ1) is 6.58. The Morgan fingerprint density at radius 3 is 2.07 bits per heavy atom. The van der Waals surface area contributed by atoms with Gasteiger partial charge in [0.25, 0.3) is 0 Å². The number of aliphatic imine (C=N–C) groups is 1. The van der Waals surface area contributed by atoms with Gasteiger partial charge in [0, 0.05) is 30.4 Å². The quantitative estimate of drug-likeness (QED) is 0.391. The first-order valence-corrected chi connectivity index (χ1v) is 4.72. The van der Waals surface area contributed by atoms with E-state index in [1.807, 2.05) is 26.8 Å². The average Bonchev–Trinajstić information content (AvgIpc) is 2.16. The van der Waals surface area contributed by atoms with Gasteiger partial charge in [0.2, 0.25) is 0 Å². The minimum Gasteiger partial charge on any atom is -0.293 e. The third-order valence-corrected chi connectivity index (χ3v) is 1.97. The number of halogens is 1. The van der Waals surface area contributed by atoms with E-state index in [9.17, 15) is 0 Å². The standard InChI is InChI=1S/C10H16ClN3/c1-6-9(14-13-5)10(7(2)11)8(3)12-4/h6H,1-5H3/b9-6-,10-7-,12-8?,14-13?. The maximum atomic E-state index is 5.98. The summed E-state index contributed by atoms with van der Waals surface area (Å²) >= 11 is 5.98. The number of azo groups is 1. The number of hydrogen-bond acceptors (Lipinski definition) is 3. The van der Waals surface area contributed by atoms with Crippen molar-refractivity contribution in [2.45, 2.75) is 20.8 Å². The van der Waals surface area contributed by atoms with Gasteiger partial charge in [-0.2, -0.15) is 10.2 Å². The number of nitrogens with zero attached hydrogens (tertiary/aromatic N) is 3. The van der Waals surface area contributed by atoms with E-state index in [0.29, 0.717) is 5.03 Å². The summed E-state index contributed by atoms with van der Waals surface area (Å²) in [7, 11) is 3.36. The first kappa shape index (κ1) is 13.0. The average molecular weight is 214 g/mol. The van der Waals surface area contributed by atoms with E-state index in [1.54, 1.807) is 14.1 Å². The van der Waals surface area contributed by atoms with E-state index in [0.717, 1.165) is 17.0 Å². The Hall–Kier alpha value is -0.960. The smallest absolute Gasteiger partial charge is 0.0911 e. The van der Waals surface area contributed by atoms with Gasteiger partial charge in [0.15, 0.2) is 0 Å². The summed E-state index contributed by atoms with van der Waals surface area (Å²) < 4.78 is 0. The minimum absolute atomic E-state index is 0.675. The lowest BCUT2D eigenvalue weighted by Crippen LogP contribution is -2.01. The molecule has 0 unspecified atom stereocenters. The Kier molecular flexibility index (Phi) is 6.04. The molecule has 0 aliphatic rings. The Balaban J connectivity index is 5.36. The minimum atomic E-state index is 0.675. The predicted molar refractivity (Wildman–Crippen MR) is 62.1 cm³/mol. The molecule has 0 saturated heterocycles. The van der Waals surface area contributed by atoms with Gasteiger partial charge in [-0.1, -0.05) is 17.7 Å². The van der Waals surface area contributed by atoms with Crippen molar-refractivity contribution in [2.24, 2.45) is 15.2 Å². The van der Waals surface area contributed by atoms with Crippen LogP contribution in [-0.4, -0.2) is 19.8 Å². The van der Waals surface area contributed by atoms with Gasteiger partial charge in [-0.05, 0) is 20.8 Å². The summed E-state index contributed by atoms with van der Waals surface area (Å²) in [5.74, 6) is 0. The fraction of sp³-hybridized carbons (Fsp3) is 0.500. The maximum absolute atomic E-state index is 5.98. The second kappa shape index (κ2) is 6.49. The molecule has 0 amide bonds. The monoisotopic (exact) mass is 213 g/mol. The summed E-state index contributed by atoms with van der Waals surface area (Å²) in [5, 5.41) is 8.41. The van der Waals surface area contributed by atoms with Gasteiger partial charge < -0.3 is 0 Å². The molecule has 0 aliphatic heterocycles. The lowest BCUT2D eigenvalue weighted by Gasteiger charge is -2.07. The lowest BCUT2D eigenvalue weighted by molar-refractivity contribution is 1.09. The highest BCUT2D eigenvalue weighted by molar-refractivity contribution is 6.32. The molecule has 0 aliphatic carbocycles. The van der Waals surface area contributed by atoms with E-state index in [-0.39, 0.29) is 0 Å². The van der Waals surface area contributed by atoms with Crippen LogP contribution in [0.2, 0.25) is 0 Å². The van der Waals surface area contributed by atoms with Crippen LogP contribution in [0.15, 0.2) is 37.6 Å². The summed E-state index contributed by atoms with van der Waals surface area (Å²) in [6, 6.07) is 0. The van der Waals surface area contributed by atoms with Gasteiger partial charge in [-0.3, -0.25) is 4.99 Å². The second-order valence-electron chi connectivity index (χ2n) is 2.69. The van der Waals surface area contributed by atoms with Crippen LogP contribution >= 0.6 is 11.6 Å². The predicted octanol–water partition coefficient (Wildman–Crippen LogP) is 3.58. The van der Waals surface area contributed by atoms with Crippen LogP contribution in [0.5, 0.6) is 0 Å². The van der Waals surface area contributed by atoms with Crippen LogP contribution in [0, 0.1) is 0 Å². The van der Waals surface area contributed by atoms with Crippen LogP contribution in [0.1, 0.15) is 20.8 Å². The Bertz CT molecular complexity index is 307. The molecule has 0 rings (SSSR count). The molecule has 0 spiro atoms. The van der Waals surface area contributed by atoms with Crippen LogP contribution < -0.4 is 0 Å². The summed E-state index contributed by atoms with van der Waals surface area (Å²) in [4.78, 5) is 4.09. The van der Waals surface area contributed by atoms with Gasteiger partial charge >= 0.3 is 0 Å². The molecule has 0 saturated carbocycles. The third-order valence-electron chi connectivity index (χ3n) is 1.78. The third kappa shape index (κ3) is 3.42. The highest BCUT2D eigenvalue weighted by Crippen LogP contribution is 2.20. The summed E-state index contributed by atoms with van der Waals surface area (Å²) in [6.07, 6.45) is 1.86. The molecule has 3 nitrogen and oxygen atoms in total. The van der Waals surface area contributed by atoms with E-state index in [1.165, 1.54) is 0 Å². The fourth-order valence-electron chi connectivity index (χ4n) is 1.08.